The van der Waals surface area contributed by atoms with Gasteiger partial charge in [0.2, 0.25) is 0 Å². The second-order valence-electron chi connectivity index (χ2n) is 1.67. The van der Waals surface area contributed by atoms with Crippen LogP contribution >= 0.6 is 0 Å². The van der Waals surface area contributed by atoms with Crippen LogP contribution in [0.2, 0.25) is 0 Å². The van der Waals surface area contributed by atoms with Crippen LogP contribution in [0.4, 0.5) is 0 Å². The number of azo groups is 1. The molecule has 4 heteroatoms. The standard InChI is InChI=1S/C5H9N3O/c1-3-9-5-6-4(2)7-8-5/h5H,3H2,1-2H3. The van der Waals surface area contributed by atoms with Gasteiger partial charge in [-0.2, -0.15) is 0 Å². The first-order valence-electron chi connectivity index (χ1n) is 2.90. The van der Waals surface area contributed by atoms with Crippen molar-refractivity contribution < 1.29 is 4.74 Å². The Hall–Kier alpha value is -0.770. The summed E-state index contributed by atoms with van der Waals surface area (Å²) < 4.78 is 5.03. The van der Waals surface area contributed by atoms with Crippen molar-refractivity contribution in [3.63, 3.8) is 0 Å². The summed E-state index contributed by atoms with van der Waals surface area (Å²) in [6, 6.07) is 0. The fraction of sp³-hybridized carbons (Fsp3) is 0.800. The van der Waals surface area contributed by atoms with Gasteiger partial charge < -0.3 is 4.74 Å². The van der Waals surface area contributed by atoms with E-state index in [2.05, 4.69) is 15.2 Å². The predicted molar refractivity (Wildman–Crippen MR) is 33.4 cm³/mol. The number of hydrogen-bond donors (Lipinski definition) is 0. The van der Waals surface area contributed by atoms with Crippen molar-refractivity contribution in [1.29, 1.82) is 0 Å². The number of ether oxygens (including phenoxy) is 1. The molecule has 1 rings (SSSR count). The lowest BCUT2D eigenvalue weighted by Crippen LogP contribution is -2.02. The third-order valence-electron chi connectivity index (χ3n) is 0.914. The highest BCUT2D eigenvalue weighted by atomic mass is 16.5. The molecule has 0 saturated heterocycles. The van der Waals surface area contributed by atoms with Crippen LogP contribution in [0.25, 0.3) is 0 Å². The van der Waals surface area contributed by atoms with Gasteiger partial charge in [-0.1, -0.05) is 0 Å². The molecule has 0 saturated carbocycles. The largest absolute Gasteiger partial charge is 0.337 e. The highest BCUT2D eigenvalue weighted by molar-refractivity contribution is 5.80. The summed E-state index contributed by atoms with van der Waals surface area (Å²) in [5.41, 5.74) is 0. The maximum Gasteiger partial charge on any atom is 0.266 e. The van der Waals surface area contributed by atoms with E-state index >= 15 is 0 Å². The average Bonchev–Trinajstić information content (AvgIpc) is 2.17. The fourth-order valence-electron chi connectivity index (χ4n) is 0.564. The normalized spacial score (nSPS) is 24.7. The van der Waals surface area contributed by atoms with Crippen molar-refractivity contribution in [3.05, 3.63) is 0 Å². The highest BCUT2D eigenvalue weighted by Gasteiger charge is 2.08. The highest BCUT2D eigenvalue weighted by Crippen LogP contribution is 2.05. The molecule has 0 aromatic heterocycles. The van der Waals surface area contributed by atoms with E-state index in [1.807, 2.05) is 6.92 Å². The van der Waals surface area contributed by atoms with Crippen LogP contribution in [0, 0.1) is 0 Å². The average molecular weight is 127 g/mol. The molecule has 0 fully saturated rings. The molecule has 4 nitrogen and oxygen atoms in total. The van der Waals surface area contributed by atoms with Gasteiger partial charge in [-0.15, -0.1) is 10.2 Å². The van der Waals surface area contributed by atoms with Crippen LogP contribution in [0.5, 0.6) is 0 Å². The molecule has 1 aliphatic heterocycles. The third kappa shape index (κ3) is 1.57. The van der Waals surface area contributed by atoms with E-state index in [1.54, 1.807) is 6.92 Å². The van der Waals surface area contributed by atoms with Crippen LogP contribution in [-0.4, -0.2) is 18.8 Å². The lowest BCUT2D eigenvalue weighted by molar-refractivity contribution is 0.0757. The zero-order chi connectivity index (χ0) is 6.69. The Labute approximate surface area is 53.6 Å². The minimum Gasteiger partial charge on any atom is -0.337 e. The summed E-state index contributed by atoms with van der Waals surface area (Å²) in [6.07, 6.45) is -0.366. The minimum absolute atomic E-state index is 0.366. The summed E-state index contributed by atoms with van der Waals surface area (Å²) in [4.78, 5) is 3.94. The van der Waals surface area contributed by atoms with Gasteiger partial charge in [-0.05, 0) is 13.8 Å². The zero-order valence-electron chi connectivity index (χ0n) is 5.53. The molecule has 0 spiro atoms. The summed E-state index contributed by atoms with van der Waals surface area (Å²) in [5, 5.41) is 7.39. The number of nitrogens with zero attached hydrogens (tertiary/aromatic N) is 3. The number of rotatable bonds is 2. The van der Waals surface area contributed by atoms with Gasteiger partial charge >= 0.3 is 0 Å². The minimum atomic E-state index is -0.366. The Kier molecular flexibility index (Phi) is 1.89. The fourth-order valence-corrected chi connectivity index (χ4v) is 0.564. The zero-order valence-corrected chi connectivity index (χ0v) is 5.53. The SMILES string of the molecule is CCOC1N=NC(C)=N1. The monoisotopic (exact) mass is 127 g/mol. The van der Waals surface area contributed by atoms with Gasteiger partial charge in [0.15, 0.2) is 0 Å². The molecule has 0 aromatic carbocycles. The van der Waals surface area contributed by atoms with E-state index in [4.69, 9.17) is 4.74 Å². The van der Waals surface area contributed by atoms with E-state index in [-0.39, 0.29) is 6.35 Å². The molecular formula is C5H9N3O. The number of hydrogen-bond acceptors (Lipinski definition) is 4. The Morgan fingerprint density at radius 2 is 2.44 bits per heavy atom. The predicted octanol–water partition coefficient (Wildman–Crippen LogP) is 1.19. The molecule has 0 aliphatic carbocycles. The van der Waals surface area contributed by atoms with Gasteiger partial charge in [0.05, 0.1) is 0 Å². The van der Waals surface area contributed by atoms with Crippen molar-refractivity contribution >= 4 is 5.84 Å². The number of aliphatic imine (C=N–C) groups is 1. The molecule has 1 aliphatic rings. The molecule has 1 unspecified atom stereocenters. The first-order chi connectivity index (χ1) is 4.33. The molecule has 0 aromatic rings. The van der Waals surface area contributed by atoms with E-state index in [1.165, 1.54) is 0 Å². The molecular weight excluding hydrogens is 118 g/mol. The van der Waals surface area contributed by atoms with E-state index in [0.29, 0.717) is 12.4 Å². The van der Waals surface area contributed by atoms with Crippen molar-refractivity contribution in [2.45, 2.75) is 20.2 Å². The molecule has 1 heterocycles. The lowest BCUT2D eigenvalue weighted by Gasteiger charge is -1.98. The Morgan fingerprint density at radius 3 is 2.89 bits per heavy atom. The lowest BCUT2D eigenvalue weighted by atomic mass is 10.7. The maximum absolute atomic E-state index is 5.03. The second-order valence-corrected chi connectivity index (χ2v) is 1.67. The maximum atomic E-state index is 5.03. The van der Waals surface area contributed by atoms with Crippen LogP contribution < -0.4 is 0 Å². The molecule has 0 amide bonds. The van der Waals surface area contributed by atoms with Gasteiger partial charge in [0, 0.05) is 6.61 Å². The molecule has 50 valence electrons. The van der Waals surface area contributed by atoms with Gasteiger partial charge in [0.1, 0.15) is 5.84 Å². The van der Waals surface area contributed by atoms with E-state index in [0.717, 1.165) is 0 Å². The third-order valence-corrected chi connectivity index (χ3v) is 0.914. The van der Waals surface area contributed by atoms with Gasteiger partial charge in [-0.3, -0.25) is 0 Å². The summed E-state index contributed by atoms with van der Waals surface area (Å²) in [5.74, 6) is 0.688. The quantitative estimate of drug-likeness (QED) is 0.549. The summed E-state index contributed by atoms with van der Waals surface area (Å²) >= 11 is 0. The Balaban J connectivity index is 2.40. The summed E-state index contributed by atoms with van der Waals surface area (Å²) in [6.45, 7) is 4.32. The second kappa shape index (κ2) is 2.68. The Bertz CT molecular complexity index is 152. The van der Waals surface area contributed by atoms with Crippen molar-refractivity contribution in [3.8, 4) is 0 Å². The van der Waals surface area contributed by atoms with Crippen LogP contribution in [0.1, 0.15) is 13.8 Å². The smallest absolute Gasteiger partial charge is 0.266 e. The van der Waals surface area contributed by atoms with Gasteiger partial charge in [-0.25, -0.2) is 4.99 Å². The molecule has 1 atom stereocenters. The molecule has 0 radical (unpaired) electrons. The molecule has 9 heavy (non-hydrogen) atoms. The first kappa shape index (κ1) is 6.35. The van der Waals surface area contributed by atoms with Crippen molar-refractivity contribution in [2.75, 3.05) is 6.61 Å². The van der Waals surface area contributed by atoms with Crippen molar-refractivity contribution in [1.82, 2.24) is 0 Å². The van der Waals surface area contributed by atoms with Crippen LogP contribution in [-0.2, 0) is 4.74 Å². The van der Waals surface area contributed by atoms with E-state index in [9.17, 15) is 0 Å². The van der Waals surface area contributed by atoms with Crippen molar-refractivity contribution in [2.24, 2.45) is 15.2 Å². The summed E-state index contributed by atoms with van der Waals surface area (Å²) in [7, 11) is 0. The molecule has 0 N–H and O–H groups in total. The number of amidine groups is 1. The van der Waals surface area contributed by atoms with Gasteiger partial charge in [0.25, 0.3) is 6.35 Å². The van der Waals surface area contributed by atoms with Crippen LogP contribution in [0.15, 0.2) is 15.2 Å². The van der Waals surface area contributed by atoms with E-state index < -0.39 is 0 Å². The first-order valence-corrected chi connectivity index (χ1v) is 2.90. The van der Waals surface area contributed by atoms with Crippen LogP contribution in [0.3, 0.4) is 0 Å². The molecule has 0 bridgehead atoms. The Morgan fingerprint density at radius 1 is 1.67 bits per heavy atom. The topological polar surface area (TPSA) is 46.3 Å².